The second-order valence-electron chi connectivity index (χ2n) is 3.63. The fraction of sp³-hybridized carbons (Fsp3) is 0.667. The van der Waals surface area contributed by atoms with Crippen molar-refractivity contribution in [2.75, 3.05) is 34.3 Å². The molecule has 0 aliphatic carbocycles. The number of carbonyl (C=O) groups is 3. The molecule has 5 heteroatoms. The topological polar surface area (TPSA) is 60.4 Å². The van der Waals surface area contributed by atoms with Gasteiger partial charge >= 0.3 is 5.97 Å². The molecule has 0 fully saturated rings. The minimum Gasteiger partial charge on any atom is -0.460 e. The van der Waals surface area contributed by atoms with Crippen LogP contribution in [0.15, 0.2) is 0 Å². The Labute approximate surface area is 84.2 Å². The van der Waals surface area contributed by atoms with E-state index in [2.05, 4.69) is 21.1 Å². The van der Waals surface area contributed by atoms with Crippen LogP contribution in [0.3, 0.4) is 0 Å². The number of hydrogen-bond acceptors (Lipinski definition) is 4. The van der Waals surface area contributed by atoms with Crippen LogP contribution in [0.2, 0.25) is 0 Å². The van der Waals surface area contributed by atoms with Gasteiger partial charge in [0.15, 0.2) is 12.6 Å². The molecular formula is C9H18NO4+. The Morgan fingerprint density at radius 1 is 1.21 bits per heavy atom. The number of carbonyl (C=O) groups excluding carboxylic acids is 3. The van der Waals surface area contributed by atoms with Crippen molar-refractivity contribution in [3.05, 3.63) is 0 Å². The number of quaternary nitrogens is 1. The fourth-order valence-electron chi connectivity index (χ4n) is 0.463. The summed E-state index contributed by atoms with van der Waals surface area (Å²) in [6.07, 6.45) is 0.389. The van der Waals surface area contributed by atoms with Crippen molar-refractivity contribution in [1.82, 2.24) is 0 Å². The third kappa shape index (κ3) is 22.4. The summed E-state index contributed by atoms with van der Waals surface area (Å²) in [6.45, 7) is 2.80. The van der Waals surface area contributed by atoms with E-state index in [9.17, 15) is 4.79 Å². The predicted octanol–water partition coefficient (Wildman–Crippen LogP) is -0.360. The molecule has 0 N–H and O–H groups in total. The van der Waals surface area contributed by atoms with Gasteiger partial charge in [-0.3, -0.25) is 14.4 Å². The van der Waals surface area contributed by atoms with Gasteiger partial charge in [-0.25, -0.2) is 0 Å². The number of nitrogens with zero attached hydrogens (tertiary/aromatic N) is 1. The average molecular weight is 204 g/mol. The van der Waals surface area contributed by atoms with Gasteiger partial charge in [-0.15, -0.1) is 0 Å². The van der Waals surface area contributed by atoms with Gasteiger partial charge in [0.1, 0.15) is 13.2 Å². The normalized spacial score (nSPS) is 9.43. The van der Waals surface area contributed by atoms with E-state index in [-0.39, 0.29) is 18.5 Å². The largest absolute Gasteiger partial charge is 0.460 e. The van der Waals surface area contributed by atoms with Crippen molar-refractivity contribution >= 4 is 18.5 Å². The molecule has 0 unspecified atom stereocenters. The second kappa shape index (κ2) is 8.37. The first-order valence-corrected chi connectivity index (χ1v) is 4.16. The van der Waals surface area contributed by atoms with Crippen LogP contribution in [0.4, 0.5) is 0 Å². The minimum absolute atomic E-state index is 0.194. The van der Waals surface area contributed by atoms with Crippen LogP contribution in [0.5, 0.6) is 0 Å². The van der Waals surface area contributed by atoms with Gasteiger partial charge in [0.2, 0.25) is 0 Å². The van der Waals surface area contributed by atoms with Crippen LogP contribution in [0.25, 0.3) is 0 Å². The lowest BCUT2D eigenvalue weighted by atomic mass is 10.5. The number of esters is 1. The molecule has 0 saturated carbocycles. The SMILES string of the molecule is CC(=O)OCC[N+](C)(C)C.O=CC=O. The first kappa shape index (κ1) is 15.3. The Morgan fingerprint density at radius 3 is 1.86 bits per heavy atom. The van der Waals surface area contributed by atoms with Crippen molar-refractivity contribution in [3.63, 3.8) is 0 Å². The molecule has 0 radical (unpaired) electrons. The molecule has 82 valence electrons. The average Bonchev–Trinajstić information content (AvgIpc) is 2.02. The van der Waals surface area contributed by atoms with Crippen molar-refractivity contribution in [2.45, 2.75) is 6.92 Å². The highest BCUT2D eigenvalue weighted by Gasteiger charge is 2.06. The van der Waals surface area contributed by atoms with Crippen molar-refractivity contribution < 1.29 is 23.6 Å². The molecule has 0 aromatic heterocycles. The molecule has 0 aliphatic heterocycles. The monoisotopic (exact) mass is 204 g/mol. The molecular weight excluding hydrogens is 186 g/mol. The number of aldehydes is 2. The van der Waals surface area contributed by atoms with E-state index in [0.717, 1.165) is 11.0 Å². The smallest absolute Gasteiger partial charge is 0.302 e. The quantitative estimate of drug-likeness (QED) is 0.271. The summed E-state index contributed by atoms with van der Waals surface area (Å²) < 4.78 is 5.59. The summed E-state index contributed by atoms with van der Waals surface area (Å²) in [5.74, 6) is -0.201. The third-order valence-electron chi connectivity index (χ3n) is 1.12. The molecule has 0 aromatic carbocycles. The summed E-state index contributed by atoms with van der Waals surface area (Å²) in [5.41, 5.74) is 0. The summed E-state index contributed by atoms with van der Waals surface area (Å²) in [5, 5.41) is 0. The van der Waals surface area contributed by atoms with Gasteiger partial charge in [-0.1, -0.05) is 0 Å². The Kier molecular flexibility index (Phi) is 9.12. The van der Waals surface area contributed by atoms with E-state index in [4.69, 9.17) is 14.3 Å². The van der Waals surface area contributed by atoms with E-state index < -0.39 is 0 Å². The van der Waals surface area contributed by atoms with E-state index >= 15 is 0 Å². The molecule has 0 heterocycles. The molecule has 5 nitrogen and oxygen atoms in total. The third-order valence-corrected chi connectivity index (χ3v) is 1.12. The number of rotatable bonds is 4. The van der Waals surface area contributed by atoms with E-state index in [1.807, 2.05) is 0 Å². The first-order chi connectivity index (χ1) is 6.33. The maximum atomic E-state index is 10.3. The van der Waals surface area contributed by atoms with Crippen LogP contribution in [-0.2, 0) is 19.1 Å². The molecule has 0 bridgehead atoms. The summed E-state index contributed by atoms with van der Waals surface area (Å²) in [6, 6.07) is 0. The lowest BCUT2D eigenvalue weighted by Crippen LogP contribution is -2.37. The lowest BCUT2D eigenvalue weighted by molar-refractivity contribution is -0.870. The van der Waals surface area contributed by atoms with Crippen molar-refractivity contribution in [1.29, 1.82) is 0 Å². The molecule has 0 aromatic rings. The highest BCUT2D eigenvalue weighted by Crippen LogP contribution is 1.88. The van der Waals surface area contributed by atoms with Crippen molar-refractivity contribution in [3.8, 4) is 0 Å². The molecule has 14 heavy (non-hydrogen) atoms. The van der Waals surface area contributed by atoms with Crippen LogP contribution in [0.1, 0.15) is 6.92 Å². The molecule has 0 amide bonds. The lowest BCUT2D eigenvalue weighted by Gasteiger charge is -2.23. The number of hydrogen-bond donors (Lipinski definition) is 0. The van der Waals surface area contributed by atoms with E-state index in [0.29, 0.717) is 6.61 Å². The van der Waals surface area contributed by atoms with Gasteiger partial charge in [-0.05, 0) is 0 Å². The van der Waals surface area contributed by atoms with Crippen molar-refractivity contribution in [2.24, 2.45) is 0 Å². The fourth-order valence-corrected chi connectivity index (χ4v) is 0.463. The highest BCUT2D eigenvalue weighted by molar-refractivity contribution is 6.09. The molecule has 0 saturated heterocycles. The van der Waals surface area contributed by atoms with E-state index in [1.165, 1.54) is 6.92 Å². The maximum Gasteiger partial charge on any atom is 0.302 e. The predicted molar refractivity (Wildman–Crippen MR) is 51.7 cm³/mol. The zero-order valence-electron chi connectivity index (χ0n) is 9.15. The Balaban J connectivity index is 0. The summed E-state index contributed by atoms with van der Waals surface area (Å²) >= 11 is 0. The molecule has 0 spiro atoms. The Bertz CT molecular complexity index is 178. The minimum atomic E-state index is -0.201. The van der Waals surface area contributed by atoms with Gasteiger partial charge < -0.3 is 9.22 Å². The van der Waals surface area contributed by atoms with Gasteiger partial charge in [-0.2, -0.15) is 0 Å². The zero-order valence-corrected chi connectivity index (χ0v) is 9.15. The van der Waals surface area contributed by atoms with Crippen LogP contribution in [-0.4, -0.2) is 57.3 Å². The van der Waals surface area contributed by atoms with Gasteiger partial charge in [0.25, 0.3) is 0 Å². The summed E-state index contributed by atoms with van der Waals surface area (Å²) in [4.78, 5) is 27.9. The highest BCUT2D eigenvalue weighted by atomic mass is 16.5. The van der Waals surface area contributed by atoms with Gasteiger partial charge in [0.05, 0.1) is 21.1 Å². The molecule has 0 atom stereocenters. The first-order valence-electron chi connectivity index (χ1n) is 4.16. The number of ether oxygens (including phenoxy) is 1. The zero-order chi connectivity index (χ0) is 11.6. The number of likely N-dealkylation sites (N-methyl/N-ethyl adjacent to an activating group) is 1. The second-order valence-corrected chi connectivity index (χ2v) is 3.63. The van der Waals surface area contributed by atoms with Crippen LogP contribution in [0, 0.1) is 0 Å². The Hall–Kier alpha value is -1.23. The molecule has 0 aliphatic rings. The Morgan fingerprint density at radius 2 is 1.64 bits per heavy atom. The summed E-state index contributed by atoms with van der Waals surface area (Å²) in [7, 11) is 6.18. The maximum absolute atomic E-state index is 10.3. The van der Waals surface area contributed by atoms with Gasteiger partial charge in [0, 0.05) is 6.92 Å². The van der Waals surface area contributed by atoms with Crippen LogP contribution >= 0.6 is 0 Å². The van der Waals surface area contributed by atoms with E-state index in [1.54, 1.807) is 0 Å². The van der Waals surface area contributed by atoms with Crippen LogP contribution < -0.4 is 0 Å². The standard InChI is InChI=1S/C7H16NO2.C2H2O2/c1-7(9)10-6-5-8(2,3)4;3-1-2-4/h5-6H2,1-4H3;1-2H/q+1;. The molecule has 0 rings (SSSR count).